The van der Waals surface area contributed by atoms with E-state index in [2.05, 4.69) is 17.2 Å². The van der Waals surface area contributed by atoms with Gasteiger partial charge in [0.05, 0.1) is 28.8 Å². The summed E-state index contributed by atoms with van der Waals surface area (Å²) < 4.78 is 6.42. The third-order valence-electron chi connectivity index (χ3n) is 5.70. The molecule has 0 bridgehead atoms. The van der Waals surface area contributed by atoms with Crippen LogP contribution < -0.4 is 16.6 Å². The first kappa shape index (κ1) is 23.1. The van der Waals surface area contributed by atoms with Gasteiger partial charge >= 0.3 is 5.97 Å². The van der Waals surface area contributed by atoms with Gasteiger partial charge < -0.3 is 15.8 Å². The number of carbonyl (C=O) groups is 3. The number of nitrogens with zero attached hydrogens (tertiary/aromatic N) is 2. The quantitative estimate of drug-likeness (QED) is 0.513. The van der Waals surface area contributed by atoms with Crippen LogP contribution >= 0.6 is 22.7 Å². The Kier molecular flexibility index (Phi) is 6.35. The van der Waals surface area contributed by atoms with Crippen molar-refractivity contribution in [3.63, 3.8) is 0 Å². The topological polar surface area (TPSA) is 133 Å². The fraction of sp³-hybridized carbons (Fsp3) is 0.409. The number of ether oxygens (including phenoxy) is 1. The summed E-state index contributed by atoms with van der Waals surface area (Å²) in [5.41, 5.74) is 6.76. The van der Waals surface area contributed by atoms with Crippen LogP contribution in [0.3, 0.4) is 0 Å². The van der Waals surface area contributed by atoms with Crippen LogP contribution in [0.1, 0.15) is 56.3 Å². The van der Waals surface area contributed by atoms with Crippen molar-refractivity contribution in [2.24, 2.45) is 11.7 Å². The number of aromatic nitrogens is 2. The summed E-state index contributed by atoms with van der Waals surface area (Å²) in [6.07, 6.45) is 3.86. The fourth-order valence-electron chi connectivity index (χ4n) is 4.09. The molecule has 1 unspecified atom stereocenters. The van der Waals surface area contributed by atoms with Gasteiger partial charge in [-0.15, -0.1) is 22.7 Å². The number of nitrogens with two attached hydrogens (primary N) is 1. The van der Waals surface area contributed by atoms with Crippen LogP contribution in [0.4, 0.5) is 5.00 Å². The SMILES string of the molecule is CCOC(=O)c1c(NC(=O)Cn2cnc3sc(C(N)=O)c(C)c3c2=O)sc2c1CCC(C)C2. The lowest BCUT2D eigenvalue weighted by Crippen LogP contribution is -2.28. The molecule has 1 atom stereocenters. The third kappa shape index (κ3) is 4.30. The number of amides is 2. The summed E-state index contributed by atoms with van der Waals surface area (Å²) in [7, 11) is 0. The van der Waals surface area contributed by atoms with Crippen molar-refractivity contribution >= 4 is 55.7 Å². The average molecular weight is 489 g/mol. The van der Waals surface area contributed by atoms with Gasteiger partial charge in [0.15, 0.2) is 0 Å². The van der Waals surface area contributed by atoms with Crippen molar-refractivity contribution in [3.05, 3.63) is 43.1 Å². The molecule has 3 heterocycles. The molecule has 3 N–H and O–H groups in total. The highest BCUT2D eigenvalue weighted by molar-refractivity contribution is 7.20. The third-order valence-corrected chi connectivity index (χ3v) is 8.08. The van der Waals surface area contributed by atoms with Crippen LogP contribution in [0.15, 0.2) is 11.1 Å². The highest BCUT2D eigenvalue weighted by atomic mass is 32.1. The molecule has 0 saturated heterocycles. The largest absolute Gasteiger partial charge is 0.462 e. The molecule has 0 fully saturated rings. The van der Waals surface area contributed by atoms with Crippen molar-refractivity contribution < 1.29 is 19.1 Å². The van der Waals surface area contributed by atoms with Gasteiger partial charge in [-0.2, -0.15) is 0 Å². The molecule has 1 aliphatic rings. The van der Waals surface area contributed by atoms with Crippen LogP contribution in [0.5, 0.6) is 0 Å². The van der Waals surface area contributed by atoms with Crippen molar-refractivity contribution in [1.82, 2.24) is 9.55 Å². The Balaban J connectivity index is 1.63. The van der Waals surface area contributed by atoms with E-state index in [9.17, 15) is 19.2 Å². The van der Waals surface area contributed by atoms with Crippen molar-refractivity contribution in [3.8, 4) is 0 Å². The summed E-state index contributed by atoms with van der Waals surface area (Å²) in [5.74, 6) is -1.03. The van der Waals surface area contributed by atoms with E-state index in [0.29, 0.717) is 26.9 Å². The van der Waals surface area contributed by atoms with E-state index >= 15 is 0 Å². The molecule has 0 saturated carbocycles. The van der Waals surface area contributed by atoms with Crippen molar-refractivity contribution in [2.45, 2.75) is 46.6 Å². The second kappa shape index (κ2) is 9.06. The van der Waals surface area contributed by atoms with E-state index in [1.807, 2.05) is 0 Å². The smallest absolute Gasteiger partial charge is 0.341 e. The number of hydrogen-bond donors (Lipinski definition) is 2. The molecule has 11 heteroatoms. The summed E-state index contributed by atoms with van der Waals surface area (Å²) in [5, 5.41) is 3.52. The molecule has 4 rings (SSSR count). The molecule has 2 amide bonds. The zero-order chi connectivity index (χ0) is 23.9. The van der Waals surface area contributed by atoms with Crippen LogP contribution in [-0.4, -0.2) is 33.9 Å². The number of anilines is 1. The van der Waals surface area contributed by atoms with Gasteiger partial charge in [0, 0.05) is 4.88 Å². The first-order chi connectivity index (χ1) is 15.7. The summed E-state index contributed by atoms with van der Waals surface area (Å²) in [4.78, 5) is 56.0. The molecule has 174 valence electrons. The van der Waals surface area contributed by atoms with Crippen LogP contribution in [-0.2, 0) is 28.9 Å². The standard InChI is InChI=1S/C22H24N4O5S2/c1-4-31-22(30)16-12-6-5-10(2)7-13(12)32-20(16)25-14(27)8-26-9-24-19-15(21(26)29)11(3)17(33-19)18(23)28/h9-10H,4-8H2,1-3H3,(H2,23,28)(H,25,27). The summed E-state index contributed by atoms with van der Waals surface area (Å²) in [6.45, 7) is 5.49. The number of thiophene rings is 2. The lowest BCUT2D eigenvalue weighted by molar-refractivity contribution is -0.116. The molecular weight excluding hydrogens is 464 g/mol. The molecule has 9 nitrogen and oxygen atoms in total. The lowest BCUT2D eigenvalue weighted by Gasteiger charge is -2.18. The molecule has 3 aromatic rings. The Bertz CT molecular complexity index is 1340. The monoisotopic (exact) mass is 488 g/mol. The number of rotatable bonds is 6. The molecule has 33 heavy (non-hydrogen) atoms. The minimum absolute atomic E-state index is 0.238. The summed E-state index contributed by atoms with van der Waals surface area (Å²) >= 11 is 2.44. The minimum Gasteiger partial charge on any atom is -0.462 e. The maximum Gasteiger partial charge on any atom is 0.341 e. The normalized spacial score (nSPS) is 15.3. The van der Waals surface area contributed by atoms with Crippen molar-refractivity contribution in [1.29, 1.82) is 0 Å². The van der Waals surface area contributed by atoms with Gasteiger partial charge in [-0.05, 0) is 50.2 Å². The second-order valence-corrected chi connectivity index (χ2v) is 10.2. The highest BCUT2D eigenvalue weighted by Crippen LogP contribution is 2.40. The van der Waals surface area contributed by atoms with Gasteiger partial charge in [-0.1, -0.05) is 6.92 Å². The Morgan fingerprint density at radius 1 is 1.33 bits per heavy atom. The Hall–Kier alpha value is -3.05. The van der Waals surface area contributed by atoms with Gasteiger partial charge in [-0.3, -0.25) is 19.0 Å². The predicted octanol–water partition coefficient (Wildman–Crippen LogP) is 2.87. The number of nitrogens with one attached hydrogen (secondary N) is 1. The lowest BCUT2D eigenvalue weighted by atomic mass is 9.88. The van der Waals surface area contributed by atoms with Crippen LogP contribution in [0, 0.1) is 12.8 Å². The van der Waals surface area contributed by atoms with Gasteiger partial charge in [0.25, 0.3) is 11.5 Å². The Morgan fingerprint density at radius 2 is 2.09 bits per heavy atom. The number of esters is 1. The Morgan fingerprint density at radius 3 is 2.79 bits per heavy atom. The van der Waals surface area contributed by atoms with E-state index in [1.165, 1.54) is 22.2 Å². The zero-order valence-electron chi connectivity index (χ0n) is 18.5. The maximum atomic E-state index is 13.0. The Labute approximate surface area is 197 Å². The number of hydrogen-bond acceptors (Lipinski definition) is 8. The number of carbonyl (C=O) groups excluding carboxylic acids is 3. The van der Waals surface area contributed by atoms with Gasteiger partial charge in [0.1, 0.15) is 16.4 Å². The average Bonchev–Trinajstić information content (AvgIpc) is 3.27. The molecule has 3 aromatic heterocycles. The molecule has 0 radical (unpaired) electrons. The number of fused-ring (bicyclic) bond motifs is 2. The number of primary amides is 1. The zero-order valence-corrected chi connectivity index (χ0v) is 20.2. The summed E-state index contributed by atoms with van der Waals surface area (Å²) in [6, 6.07) is 0. The first-order valence-corrected chi connectivity index (χ1v) is 12.2. The van der Waals surface area contributed by atoms with E-state index in [4.69, 9.17) is 10.5 Å². The molecule has 0 aromatic carbocycles. The predicted molar refractivity (Wildman–Crippen MR) is 127 cm³/mol. The van der Waals surface area contributed by atoms with E-state index < -0.39 is 23.3 Å². The number of aryl methyl sites for hydroxylation is 1. The van der Waals surface area contributed by atoms with Crippen LogP contribution in [0.2, 0.25) is 0 Å². The first-order valence-electron chi connectivity index (χ1n) is 10.6. The van der Waals surface area contributed by atoms with E-state index in [1.54, 1.807) is 13.8 Å². The van der Waals surface area contributed by atoms with Gasteiger partial charge in [-0.25, -0.2) is 9.78 Å². The molecule has 1 aliphatic carbocycles. The minimum atomic E-state index is -0.623. The van der Waals surface area contributed by atoms with Crippen LogP contribution in [0.25, 0.3) is 10.2 Å². The molecule has 0 aliphatic heterocycles. The van der Waals surface area contributed by atoms with E-state index in [0.717, 1.165) is 41.0 Å². The molecular formula is C22H24N4O5S2. The van der Waals surface area contributed by atoms with Crippen molar-refractivity contribution in [2.75, 3.05) is 11.9 Å². The maximum absolute atomic E-state index is 13.0. The molecule has 0 spiro atoms. The highest BCUT2D eigenvalue weighted by Gasteiger charge is 2.29. The second-order valence-electron chi connectivity index (χ2n) is 8.10. The van der Waals surface area contributed by atoms with Gasteiger partial charge in [0.2, 0.25) is 5.91 Å². The van der Waals surface area contributed by atoms with E-state index in [-0.39, 0.29) is 23.4 Å². The fourth-order valence-corrected chi connectivity index (χ4v) is 6.49.